The van der Waals surface area contributed by atoms with Crippen LogP contribution in [0.2, 0.25) is 5.28 Å². The van der Waals surface area contributed by atoms with E-state index in [0.29, 0.717) is 5.92 Å². The normalized spacial score (nSPS) is 16.5. The number of halogens is 1. The van der Waals surface area contributed by atoms with E-state index in [1.165, 1.54) is 0 Å². The average Bonchev–Trinajstić information content (AvgIpc) is 2.82. The Kier molecular flexibility index (Phi) is 3.33. The summed E-state index contributed by atoms with van der Waals surface area (Å²) < 4.78 is 7.29. The van der Waals surface area contributed by atoms with Crippen LogP contribution < -0.4 is 4.90 Å². The van der Waals surface area contributed by atoms with Crippen LogP contribution >= 0.6 is 11.6 Å². The molecule has 2 aromatic heterocycles. The summed E-state index contributed by atoms with van der Waals surface area (Å²) in [5.41, 5.74) is 2.16. The highest BCUT2D eigenvalue weighted by molar-refractivity contribution is 6.28. The van der Waals surface area contributed by atoms with Gasteiger partial charge < -0.3 is 9.64 Å². The van der Waals surface area contributed by atoms with Gasteiger partial charge >= 0.3 is 0 Å². The molecule has 5 nitrogen and oxygen atoms in total. The second-order valence-corrected chi connectivity index (χ2v) is 5.35. The van der Waals surface area contributed by atoms with Gasteiger partial charge in [0.15, 0.2) is 5.82 Å². The maximum Gasteiger partial charge on any atom is 0.243 e. The maximum absolute atomic E-state index is 6.08. The van der Waals surface area contributed by atoms with Crippen LogP contribution in [0.25, 0.3) is 5.52 Å². The minimum absolute atomic E-state index is 0.284. The van der Waals surface area contributed by atoms with E-state index in [2.05, 4.69) is 41.0 Å². The summed E-state index contributed by atoms with van der Waals surface area (Å²) in [5, 5.41) is 4.61. The lowest BCUT2D eigenvalue weighted by Crippen LogP contribution is -2.37. The van der Waals surface area contributed by atoms with E-state index in [-0.39, 0.29) is 5.28 Å². The highest BCUT2D eigenvalue weighted by atomic mass is 35.5. The third kappa shape index (κ3) is 2.28. The first-order valence-corrected chi connectivity index (χ1v) is 6.92. The van der Waals surface area contributed by atoms with Gasteiger partial charge in [-0.3, -0.25) is 0 Å². The predicted octanol–water partition coefficient (Wildman–Crippen LogP) is 2.34. The zero-order valence-corrected chi connectivity index (χ0v) is 11.9. The molecule has 0 spiro atoms. The molecule has 0 aromatic carbocycles. The van der Waals surface area contributed by atoms with Gasteiger partial charge in [-0.05, 0) is 29.7 Å². The Balaban J connectivity index is 2.13. The molecule has 0 radical (unpaired) electrons. The number of morpholine rings is 1. The largest absolute Gasteiger partial charge is 0.378 e. The number of rotatable bonds is 2. The van der Waals surface area contributed by atoms with Crippen LogP contribution in [0.4, 0.5) is 5.82 Å². The van der Waals surface area contributed by atoms with Crippen LogP contribution in [-0.4, -0.2) is 40.9 Å². The maximum atomic E-state index is 6.08. The lowest BCUT2D eigenvalue weighted by Gasteiger charge is -2.28. The molecule has 1 aliphatic rings. The van der Waals surface area contributed by atoms with Crippen LogP contribution in [-0.2, 0) is 4.74 Å². The molecular weight excluding hydrogens is 264 g/mol. The molecular formula is C13H17ClN4O. The van der Waals surface area contributed by atoms with Gasteiger partial charge in [-0.2, -0.15) is 4.98 Å². The van der Waals surface area contributed by atoms with Crippen molar-refractivity contribution in [3.05, 3.63) is 23.1 Å². The first kappa shape index (κ1) is 12.7. The predicted molar refractivity (Wildman–Crippen MR) is 75.1 cm³/mol. The van der Waals surface area contributed by atoms with Crippen molar-refractivity contribution in [2.75, 3.05) is 31.2 Å². The van der Waals surface area contributed by atoms with E-state index in [1.54, 1.807) is 0 Å². The molecule has 1 fully saturated rings. The van der Waals surface area contributed by atoms with E-state index >= 15 is 0 Å². The third-order valence-corrected chi connectivity index (χ3v) is 3.56. The first-order valence-electron chi connectivity index (χ1n) is 6.54. The zero-order valence-electron chi connectivity index (χ0n) is 11.1. The van der Waals surface area contributed by atoms with Gasteiger partial charge in [-0.25, -0.2) is 4.52 Å². The lowest BCUT2D eigenvalue weighted by molar-refractivity contribution is 0.122. The highest BCUT2D eigenvalue weighted by Gasteiger charge is 2.19. The standard InChI is InChI=1S/C13H17ClN4O/c1-9(2)10-3-4-11-12(15-13(14)16-18(10)11)17-5-7-19-8-6-17/h3-4,9H,5-8H2,1-2H3. The molecule has 19 heavy (non-hydrogen) atoms. The number of hydrogen-bond donors (Lipinski definition) is 0. The molecule has 0 atom stereocenters. The van der Waals surface area contributed by atoms with E-state index in [0.717, 1.165) is 43.3 Å². The second-order valence-electron chi connectivity index (χ2n) is 5.01. The van der Waals surface area contributed by atoms with Crippen molar-refractivity contribution in [2.24, 2.45) is 0 Å². The number of ether oxygens (including phenoxy) is 1. The Morgan fingerprint density at radius 2 is 2.00 bits per heavy atom. The number of anilines is 1. The van der Waals surface area contributed by atoms with Crippen LogP contribution in [0.1, 0.15) is 25.5 Å². The van der Waals surface area contributed by atoms with Crippen LogP contribution in [0, 0.1) is 0 Å². The minimum atomic E-state index is 0.284. The van der Waals surface area contributed by atoms with Gasteiger partial charge in [-0.15, -0.1) is 5.10 Å². The van der Waals surface area contributed by atoms with Crippen molar-refractivity contribution < 1.29 is 4.74 Å². The molecule has 0 saturated carbocycles. The Labute approximate surface area is 117 Å². The number of nitrogens with zero attached hydrogens (tertiary/aromatic N) is 4. The number of aromatic nitrogens is 3. The van der Waals surface area contributed by atoms with Gasteiger partial charge in [0, 0.05) is 18.8 Å². The second kappa shape index (κ2) is 4.98. The van der Waals surface area contributed by atoms with Gasteiger partial charge in [0.1, 0.15) is 5.52 Å². The summed E-state index contributed by atoms with van der Waals surface area (Å²) >= 11 is 6.08. The van der Waals surface area contributed by atoms with Crippen molar-refractivity contribution in [2.45, 2.75) is 19.8 Å². The average molecular weight is 281 g/mol. The molecule has 1 saturated heterocycles. The van der Waals surface area contributed by atoms with E-state index in [1.807, 2.05) is 4.52 Å². The Bertz CT molecular complexity index is 590. The molecule has 0 N–H and O–H groups in total. The van der Waals surface area contributed by atoms with E-state index in [9.17, 15) is 0 Å². The van der Waals surface area contributed by atoms with Crippen molar-refractivity contribution in [1.82, 2.24) is 14.6 Å². The lowest BCUT2D eigenvalue weighted by atomic mass is 10.1. The molecule has 0 amide bonds. The van der Waals surface area contributed by atoms with Gasteiger partial charge in [0.05, 0.1) is 13.2 Å². The fourth-order valence-corrected chi connectivity index (χ4v) is 2.58. The van der Waals surface area contributed by atoms with Crippen molar-refractivity contribution in [3.8, 4) is 0 Å². The van der Waals surface area contributed by atoms with Crippen LogP contribution in [0.15, 0.2) is 12.1 Å². The van der Waals surface area contributed by atoms with Crippen molar-refractivity contribution in [1.29, 1.82) is 0 Å². The fourth-order valence-electron chi connectivity index (χ4n) is 2.42. The fraction of sp³-hybridized carbons (Fsp3) is 0.538. The molecule has 3 heterocycles. The molecule has 3 rings (SSSR count). The monoisotopic (exact) mass is 280 g/mol. The zero-order chi connectivity index (χ0) is 13.4. The van der Waals surface area contributed by atoms with Crippen LogP contribution in [0.3, 0.4) is 0 Å². The van der Waals surface area contributed by atoms with E-state index < -0.39 is 0 Å². The van der Waals surface area contributed by atoms with Gasteiger partial charge in [0.2, 0.25) is 5.28 Å². The number of fused-ring (bicyclic) bond motifs is 1. The van der Waals surface area contributed by atoms with Gasteiger partial charge in [-0.1, -0.05) is 13.8 Å². The SMILES string of the molecule is CC(C)c1ccc2c(N3CCOCC3)nc(Cl)nn12. The number of hydrogen-bond acceptors (Lipinski definition) is 4. The summed E-state index contributed by atoms with van der Waals surface area (Å²) in [7, 11) is 0. The van der Waals surface area contributed by atoms with Gasteiger partial charge in [0.25, 0.3) is 0 Å². The Morgan fingerprint density at radius 3 is 2.68 bits per heavy atom. The Hall–Kier alpha value is -1.33. The molecule has 6 heteroatoms. The summed E-state index contributed by atoms with van der Waals surface area (Å²) in [6, 6.07) is 4.16. The first-order chi connectivity index (χ1) is 9.16. The summed E-state index contributed by atoms with van der Waals surface area (Å²) in [6.45, 7) is 7.42. The summed E-state index contributed by atoms with van der Waals surface area (Å²) in [5.74, 6) is 1.29. The minimum Gasteiger partial charge on any atom is -0.378 e. The quantitative estimate of drug-likeness (QED) is 0.847. The van der Waals surface area contributed by atoms with Crippen LogP contribution in [0.5, 0.6) is 0 Å². The molecule has 2 aromatic rings. The van der Waals surface area contributed by atoms with Crippen molar-refractivity contribution >= 4 is 22.9 Å². The highest BCUT2D eigenvalue weighted by Crippen LogP contribution is 2.26. The summed E-state index contributed by atoms with van der Waals surface area (Å²) in [6.07, 6.45) is 0. The molecule has 102 valence electrons. The Morgan fingerprint density at radius 1 is 1.26 bits per heavy atom. The van der Waals surface area contributed by atoms with E-state index in [4.69, 9.17) is 16.3 Å². The molecule has 0 aliphatic carbocycles. The van der Waals surface area contributed by atoms with Crippen molar-refractivity contribution in [3.63, 3.8) is 0 Å². The topological polar surface area (TPSA) is 42.7 Å². The smallest absolute Gasteiger partial charge is 0.243 e. The summed E-state index contributed by atoms with van der Waals surface area (Å²) in [4.78, 5) is 6.61. The molecule has 0 unspecified atom stereocenters. The molecule has 1 aliphatic heterocycles. The molecule has 0 bridgehead atoms. The third-order valence-electron chi connectivity index (χ3n) is 3.40.